The van der Waals surface area contributed by atoms with Crippen molar-refractivity contribution in [2.24, 2.45) is 0 Å². The summed E-state index contributed by atoms with van der Waals surface area (Å²) in [7, 11) is -9.54. The number of hydrogen-bond acceptors (Lipinski definition) is 8. The van der Waals surface area contributed by atoms with E-state index in [1.54, 1.807) is 60.7 Å². The van der Waals surface area contributed by atoms with E-state index in [0.717, 1.165) is 23.5 Å². The van der Waals surface area contributed by atoms with Gasteiger partial charge in [0.1, 0.15) is 23.0 Å². The Balaban J connectivity index is 1.92. The van der Waals surface area contributed by atoms with Crippen LogP contribution >= 0.6 is 23.5 Å². The van der Waals surface area contributed by atoms with Crippen LogP contribution in [0.2, 0.25) is 0 Å². The van der Waals surface area contributed by atoms with E-state index in [4.69, 9.17) is 9.47 Å². The lowest BCUT2D eigenvalue weighted by Gasteiger charge is -2.19. The van der Waals surface area contributed by atoms with Crippen LogP contribution in [0.5, 0.6) is 11.5 Å². The third-order valence-electron chi connectivity index (χ3n) is 3.38. The molecule has 0 radical (unpaired) electrons. The summed E-state index contributed by atoms with van der Waals surface area (Å²) in [6, 6.07) is 16.7. The Morgan fingerprint density at radius 3 is 1.30 bits per heavy atom. The van der Waals surface area contributed by atoms with Crippen LogP contribution < -0.4 is 9.47 Å². The highest BCUT2D eigenvalue weighted by Gasteiger charge is 2.23. The van der Waals surface area contributed by atoms with Crippen molar-refractivity contribution in [2.75, 3.05) is 23.0 Å². The summed E-state index contributed by atoms with van der Waals surface area (Å²) < 4.78 is 81.5. The monoisotopic (exact) mass is 498 g/mol. The lowest BCUT2D eigenvalue weighted by molar-refractivity contribution is 0.306. The summed E-state index contributed by atoms with van der Waals surface area (Å²) in [5.74, 6) is -0.308. The lowest BCUT2D eigenvalue weighted by atomic mass is 10.3. The molecule has 2 aromatic carbocycles. The highest BCUT2D eigenvalue weighted by Crippen LogP contribution is 2.24. The fraction of sp³-hybridized carbons (Fsp3) is 0.333. The first-order chi connectivity index (χ1) is 14.1. The Labute approximate surface area is 183 Å². The van der Waals surface area contributed by atoms with Crippen molar-refractivity contribution < 1.29 is 34.1 Å². The molecule has 0 aliphatic heterocycles. The van der Waals surface area contributed by atoms with Gasteiger partial charge in [-0.05, 0) is 24.3 Å². The van der Waals surface area contributed by atoms with Crippen molar-refractivity contribution in [3.8, 4) is 11.5 Å². The molecule has 30 heavy (non-hydrogen) atoms. The average molecular weight is 499 g/mol. The molecular weight excluding hydrogens is 478 g/mol. The fourth-order valence-corrected chi connectivity index (χ4v) is 6.40. The molecule has 0 spiro atoms. The number of hydrogen-bond donors (Lipinski definition) is 0. The molecule has 166 valence electrons. The van der Waals surface area contributed by atoms with E-state index in [1.807, 2.05) is 0 Å². The zero-order chi connectivity index (χ0) is 22.0. The van der Waals surface area contributed by atoms with Crippen LogP contribution in [0.3, 0.4) is 0 Å². The number of halogens is 2. The topological polar surface area (TPSA) is 86.7 Å². The van der Waals surface area contributed by atoms with Crippen LogP contribution in [0.15, 0.2) is 60.7 Å². The summed E-state index contributed by atoms with van der Waals surface area (Å²) in [6.07, 6.45) is 0. The van der Waals surface area contributed by atoms with Gasteiger partial charge >= 0.3 is 20.4 Å². The summed E-state index contributed by atoms with van der Waals surface area (Å²) in [5.41, 5.74) is -2.00. The van der Waals surface area contributed by atoms with Gasteiger partial charge in [-0.3, -0.25) is 0 Å². The van der Waals surface area contributed by atoms with Crippen LogP contribution in [-0.4, -0.2) is 50.7 Å². The SMILES string of the molecule is O=S(=O)(F)C[C@@H](Oc1ccccc1)SCCS[C@@H](CS(=O)(=O)F)Oc1ccccc1. The third-order valence-corrected chi connectivity index (χ3v) is 7.61. The van der Waals surface area contributed by atoms with Crippen molar-refractivity contribution in [3.05, 3.63) is 60.7 Å². The quantitative estimate of drug-likeness (QED) is 0.234. The molecule has 0 bridgehead atoms. The second-order valence-corrected chi connectivity index (χ2v) is 11.2. The van der Waals surface area contributed by atoms with E-state index in [0.29, 0.717) is 23.0 Å². The van der Waals surface area contributed by atoms with Crippen molar-refractivity contribution in [1.82, 2.24) is 0 Å². The van der Waals surface area contributed by atoms with Crippen LogP contribution in [0.1, 0.15) is 0 Å². The number of ether oxygens (including phenoxy) is 2. The molecule has 0 heterocycles. The van der Waals surface area contributed by atoms with Gasteiger partial charge in [-0.15, -0.1) is 31.3 Å². The first-order valence-electron chi connectivity index (χ1n) is 8.62. The van der Waals surface area contributed by atoms with Crippen molar-refractivity contribution in [1.29, 1.82) is 0 Å². The van der Waals surface area contributed by atoms with Gasteiger partial charge < -0.3 is 9.47 Å². The fourth-order valence-electron chi connectivity index (χ4n) is 2.22. The summed E-state index contributed by atoms with van der Waals surface area (Å²) in [6.45, 7) is 0. The van der Waals surface area contributed by atoms with Crippen molar-refractivity contribution in [3.63, 3.8) is 0 Å². The first kappa shape index (κ1) is 24.8. The summed E-state index contributed by atoms with van der Waals surface area (Å²) in [4.78, 5) is 0. The first-order valence-corrected chi connectivity index (χ1v) is 13.8. The Kier molecular flexibility index (Phi) is 9.72. The third kappa shape index (κ3) is 11.0. The van der Waals surface area contributed by atoms with E-state index in [1.165, 1.54) is 0 Å². The molecule has 12 heteroatoms. The average Bonchev–Trinajstić information content (AvgIpc) is 2.64. The number of rotatable bonds is 13. The van der Waals surface area contributed by atoms with E-state index in [2.05, 4.69) is 0 Å². The van der Waals surface area contributed by atoms with E-state index in [9.17, 15) is 24.6 Å². The molecule has 2 atom stereocenters. The molecule has 0 aliphatic carbocycles. The Morgan fingerprint density at radius 2 is 1.00 bits per heavy atom. The maximum atomic E-state index is 13.2. The number of para-hydroxylation sites is 2. The maximum Gasteiger partial charge on any atom is 0.306 e. The second-order valence-electron chi connectivity index (χ2n) is 5.87. The number of thioether (sulfide) groups is 2. The smallest absolute Gasteiger partial charge is 0.306 e. The minimum absolute atomic E-state index is 0.290. The molecule has 0 saturated heterocycles. The molecule has 2 rings (SSSR count). The zero-order valence-corrected chi connectivity index (χ0v) is 18.9. The molecule has 6 nitrogen and oxygen atoms in total. The molecule has 0 saturated carbocycles. The number of benzene rings is 2. The van der Waals surface area contributed by atoms with Crippen LogP contribution in [0, 0.1) is 0 Å². The lowest BCUT2D eigenvalue weighted by Crippen LogP contribution is -2.24. The summed E-state index contributed by atoms with van der Waals surface area (Å²) in [5, 5.41) is 0. The van der Waals surface area contributed by atoms with Crippen molar-refractivity contribution >= 4 is 44.0 Å². The van der Waals surface area contributed by atoms with Crippen LogP contribution in [0.4, 0.5) is 7.77 Å². The van der Waals surface area contributed by atoms with Gasteiger partial charge in [-0.1, -0.05) is 36.4 Å². The molecule has 0 fully saturated rings. The predicted molar refractivity (Wildman–Crippen MR) is 116 cm³/mol. The normalized spacial score (nSPS) is 14.1. The molecule has 0 amide bonds. The second kappa shape index (κ2) is 11.8. The molecule has 2 aromatic rings. The van der Waals surface area contributed by atoms with Crippen molar-refractivity contribution in [2.45, 2.75) is 10.9 Å². The molecule has 0 N–H and O–H groups in total. The van der Waals surface area contributed by atoms with Gasteiger partial charge in [0.15, 0.2) is 10.9 Å². The van der Waals surface area contributed by atoms with Crippen LogP contribution in [0.25, 0.3) is 0 Å². The van der Waals surface area contributed by atoms with Gasteiger partial charge in [0.2, 0.25) is 0 Å². The highest BCUT2D eigenvalue weighted by molar-refractivity contribution is 8.04. The van der Waals surface area contributed by atoms with Gasteiger partial charge in [0, 0.05) is 11.5 Å². The van der Waals surface area contributed by atoms with E-state index >= 15 is 0 Å². The van der Waals surface area contributed by atoms with Gasteiger partial charge in [0.25, 0.3) is 0 Å². The zero-order valence-electron chi connectivity index (χ0n) is 15.6. The van der Waals surface area contributed by atoms with Crippen LogP contribution in [-0.2, 0) is 20.4 Å². The minimum atomic E-state index is -4.77. The Bertz CT molecular complexity index is 891. The standard InChI is InChI=1S/C18H20F2O6S4/c19-29(21,22)13-17(25-15-7-3-1-4-8-15)27-11-12-28-18(14-30(20,23)24)26-16-9-5-2-6-10-16/h1-10,17-18H,11-14H2/t17-,18-/m0/s1. The minimum Gasteiger partial charge on any atom is -0.479 e. The molecule has 0 unspecified atom stereocenters. The largest absolute Gasteiger partial charge is 0.479 e. The van der Waals surface area contributed by atoms with E-state index in [-0.39, 0.29) is 0 Å². The highest BCUT2D eigenvalue weighted by atomic mass is 32.3. The Morgan fingerprint density at radius 1 is 0.667 bits per heavy atom. The van der Waals surface area contributed by atoms with Gasteiger partial charge in [0.05, 0.1) is 0 Å². The maximum absolute atomic E-state index is 13.2. The summed E-state index contributed by atoms with van der Waals surface area (Å²) >= 11 is 2.10. The van der Waals surface area contributed by atoms with Gasteiger partial charge in [-0.25, -0.2) is 0 Å². The molecular formula is C18H20F2O6S4. The Hall–Kier alpha value is -1.50. The van der Waals surface area contributed by atoms with E-state index < -0.39 is 42.8 Å². The molecule has 0 aliphatic rings. The predicted octanol–water partition coefficient (Wildman–Crippen LogP) is 3.86. The van der Waals surface area contributed by atoms with Gasteiger partial charge in [-0.2, -0.15) is 16.8 Å². The molecule has 0 aromatic heterocycles.